The Hall–Kier alpha value is -3.45. The molecule has 2 aromatic heterocycles. The van der Waals surface area contributed by atoms with Crippen LogP contribution in [0, 0.1) is 11.3 Å². The third kappa shape index (κ3) is 5.31. The Morgan fingerprint density at radius 3 is 2.58 bits per heavy atom. The lowest BCUT2D eigenvalue weighted by molar-refractivity contribution is 0.207. The average molecular weight is 576 g/mol. The summed E-state index contributed by atoms with van der Waals surface area (Å²) < 4.78 is 7.84. The summed E-state index contributed by atoms with van der Waals surface area (Å²) in [6.45, 7) is 4.46. The molecule has 8 nitrogen and oxygen atoms in total. The van der Waals surface area contributed by atoms with Crippen LogP contribution in [-0.4, -0.2) is 58.8 Å². The van der Waals surface area contributed by atoms with Crippen LogP contribution in [0.3, 0.4) is 0 Å². The van der Waals surface area contributed by atoms with Crippen molar-refractivity contribution in [3.8, 4) is 11.8 Å². The number of nitriles is 1. The van der Waals surface area contributed by atoms with Crippen LogP contribution in [0.1, 0.15) is 31.2 Å². The Balaban J connectivity index is 1.28. The zero-order valence-electron chi connectivity index (χ0n) is 22.7. The summed E-state index contributed by atoms with van der Waals surface area (Å²) in [6, 6.07) is 12.9. The number of halogens is 1. The van der Waals surface area contributed by atoms with E-state index >= 15 is 0 Å². The molecule has 40 heavy (non-hydrogen) atoms. The molecular formula is C30H32ClN7OS. The van der Waals surface area contributed by atoms with Crippen LogP contribution >= 0.6 is 23.4 Å². The number of aromatic nitrogens is 3. The van der Waals surface area contributed by atoms with E-state index in [9.17, 15) is 5.26 Å². The lowest BCUT2D eigenvalue weighted by Gasteiger charge is -2.38. The number of hydrogen-bond acceptors (Lipinski definition) is 8. The molecule has 0 radical (unpaired) electrons. The first-order valence-corrected chi connectivity index (χ1v) is 14.8. The van der Waals surface area contributed by atoms with E-state index in [0.29, 0.717) is 22.3 Å². The van der Waals surface area contributed by atoms with Gasteiger partial charge in [-0.05, 0) is 69.1 Å². The number of imidazole rings is 1. The molecule has 2 saturated heterocycles. The first-order valence-electron chi connectivity index (χ1n) is 13.7. The molecule has 2 aromatic carbocycles. The number of aryl methyl sites for hydroxylation is 1. The maximum absolute atomic E-state index is 9.91. The lowest BCUT2D eigenvalue weighted by atomic mass is 10.0. The minimum Gasteiger partial charge on any atom is -0.495 e. The Bertz CT molecular complexity index is 1570. The average Bonchev–Trinajstić information content (AvgIpc) is 3.66. The predicted molar refractivity (Wildman–Crippen MR) is 161 cm³/mol. The zero-order valence-corrected chi connectivity index (χ0v) is 24.3. The molecule has 206 valence electrons. The molecule has 4 aromatic rings. The van der Waals surface area contributed by atoms with Crippen molar-refractivity contribution in [2.45, 2.75) is 41.8 Å². The van der Waals surface area contributed by atoms with E-state index in [-0.39, 0.29) is 0 Å². The molecule has 10 heteroatoms. The van der Waals surface area contributed by atoms with Crippen molar-refractivity contribution < 1.29 is 4.74 Å². The van der Waals surface area contributed by atoms with E-state index in [1.54, 1.807) is 19.5 Å². The molecule has 0 saturated carbocycles. The number of hydrogen-bond donors (Lipinski definition) is 1. The van der Waals surface area contributed by atoms with Crippen LogP contribution in [0.15, 0.2) is 59.0 Å². The maximum Gasteiger partial charge on any atom is 0.172 e. The smallest absolute Gasteiger partial charge is 0.172 e. The van der Waals surface area contributed by atoms with Crippen LogP contribution in [0.4, 0.5) is 17.1 Å². The van der Waals surface area contributed by atoms with E-state index in [0.717, 1.165) is 64.0 Å². The Labute approximate surface area is 243 Å². The molecule has 0 atom stereocenters. The highest BCUT2D eigenvalue weighted by atomic mass is 35.5. The summed E-state index contributed by atoms with van der Waals surface area (Å²) in [7, 11) is 3.65. The van der Waals surface area contributed by atoms with Crippen molar-refractivity contribution in [1.29, 1.82) is 5.26 Å². The second-order valence-corrected chi connectivity index (χ2v) is 11.8. The van der Waals surface area contributed by atoms with Crippen LogP contribution in [0.5, 0.6) is 5.75 Å². The summed E-state index contributed by atoms with van der Waals surface area (Å²) in [5.74, 6) is 0.784. The highest BCUT2D eigenvalue weighted by molar-refractivity contribution is 7.99. The van der Waals surface area contributed by atoms with Crippen LogP contribution in [0.25, 0.3) is 10.9 Å². The first-order chi connectivity index (χ1) is 19.5. The topological polar surface area (TPSA) is 82.2 Å². The standard InChI is InChI=1S/C30H32ClN7OS/c1-36-14-9-33-30(36)40-28-6-5-21(15-24(28)31)35-29-20(18-32)19-34-25-17-26(27(39-2)16-23(25)29)38-12-7-22(8-13-38)37-10-3-4-11-37/h5-6,9,14-17,19,22H,3-4,7-8,10-13H2,1-2H3,(H,34,35)/i18+2. The van der Waals surface area contributed by atoms with Gasteiger partial charge in [-0.25, -0.2) is 4.98 Å². The quantitative estimate of drug-likeness (QED) is 0.269. The van der Waals surface area contributed by atoms with Gasteiger partial charge >= 0.3 is 0 Å². The highest BCUT2D eigenvalue weighted by Gasteiger charge is 2.28. The fourth-order valence-electron chi connectivity index (χ4n) is 5.77. The normalized spacial score (nSPS) is 16.4. The maximum atomic E-state index is 9.91. The number of benzene rings is 2. The molecule has 1 N–H and O–H groups in total. The Kier molecular flexibility index (Phi) is 7.74. The van der Waals surface area contributed by atoms with Gasteiger partial charge in [0.15, 0.2) is 5.16 Å². The molecule has 2 fully saturated rings. The summed E-state index contributed by atoms with van der Waals surface area (Å²) in [4.78, 5) is 15.0. The number of ether oxygens (including phenoxy) is 1. The number of anilines is 3. The van der Waals surface area contributed by atoms with Gasteiger partial charge in [0.25, 0.3) is 0 Å². The van der Waals surface area contributed by atoms with Crippen LogP contribution < -0.4 is 15.0 Å². The van der Waals surface area contributed by atoms with E-state index in [2.05, 4.69) is 37.2 Å². The fourth-order valence-corrected chi connectivity index (χ4v) is 6.88. The summed E-state index contributed by atoms with van der Waals surface area (Å²) in [5, 5.41) is 15.6. The number of piperidine rings is 1. The van der Waals surface area contributed by atoms with Gasteiger partial charge in [-0.3, -0.25) is 4.98 Å². The second kappa shape index (κ2) is 11.6. The van der Waals surface area contributed by atoms with E-state index < -0.39 is 0 Å². The van der Waals surface area contributed by atoms with Crippen molar-refractivity contribution in [1.82, 2.24) is 19.4 Å². The van der Waals surface area contributed by atoms with Gasteiger partial charge in [-0.15, -0.1) is 0 Å². The molecule has 0 bridgehead atoms. The largest absolute Gasteiger partial charge is 0.495 e. The molecule has 0 unspecified atom stereocenters. The Morgan fingerprint density at radius 2 is 1.90 bits per heavy atom. The van der Waals surface area contributed by atoms with Crippen molar-refractivity contribution in [2.75, 3.05) is 43.5 Å². The molecule has 6 rings (SSSR count). The SMILES string of the molecule is COc1cc2c(Nc3ccc(Sc4nccn4C)c(Cl)c3)c([14C]#N)cnc2cc1N1CCC(N2CCCC2)CC1. The van der Waals surface area contributed by atoms with Gasteiger partial charge in [0.2, 0.25) is 0 Å². The number of fused-ring (bicyclic) bond motifs is 1. The van der Waals surface area contributed by atoms with Crippen molar-refractivity contribution in [3.63, 3.8) is 0 Å². The number of nitrogens with one attached hydrogen (secondary N) is 1. The zero-order chi connectivity index (χ0) is 27.6. The highest BCUT2D eigenvalue weighted by Crippen LogP contribution is 2.40. The van der Waals surface area contributed by atoms with Crippen molar-refractivity contribution in [2.24, 2.45) is 7.05 Å². The molecule has 0 spiro atoms. The molecule has 4 heterocycles. The van der Waals surface area contributed by atoms with Gasteiger partial charge < -0.3 is 24.4 Å². The van der Waals surface area contributed by atoms with Gasteiger partial charge in [0.05, 0.1) is 34.6 Å². The molecule has 0 amide bonds. The predicted octanol–water partition coefficient (Wildman–Crippen LogP) is 6.46. The van der Waals surface area contributed by atoms with Crippen molar-refractivity contribution in [3.05, 3.63) is 59.5 Å². The van der Waals surface area contributed by atoms with Gasteiger partial charge in [0, 0.05) is 60.7 Å². The van der Waals surface area contributed by atoms with Crippen LogP contribution in [-0.2, 0) is 7.05 Å². The van der Waals surface area contributed by atoms with Crippen molar-refractivity contribution >= 4 is 51.3 Å². The molecular weight excluding hydrogens is 544 g/mol. The minimum atomic E-state index is 0.455. The summed E-state index contributed by atoms with van der Waals surface area (Å²) in [6.07, 6.45) is 10.3. The third-order valence-corrected chi connectivity index (χ3v) is 9.51. The number of rotatable bonds is 7. The molecule has 2 aliphatic heterocycles. The van der Waals surface area contributed by atoms with Gasteiger partial charge in [-0.2, -0.15) is 5.26 Å². The summed E-state index contributed by atoms with van der Waals surface area (Å²) in [5.41, 5.74) is 3.79. The first kappa shape index (κ1) is 26.8. The van der Waals surface area contributed by atoms with E-state index in [1.807, 2.05) is 42.1 Å². The number of likely N-dealkylation sites (tertiary alicyclic amines) is 1. The number of nitrogens with zero attached hydrogens (tertiary/aromatic N) is 6. The lowest BCUT2D eigenvalue weighted by Crippen LogP contribution is -2.44. The second-order valence-electron chi connectivity index (χ2n) is 10.4. The van der Waals surface area contributed by atoms with Crippen LogP contribution in [0.2, 0.25) is 5.02 Å². The van der Waals surface area contributed by atoms with Gasteiger partial charge in [-0.1, -0.05) is 23.4 Å². The monoisotopic (exact) mass is 575 g/mol. The number of methoxy groups -OCH3 is 1. The molecule has 0 aliphatic carbocycles. The van der Waals surface area contributed by atoms with E-state index in [1.165, 1.54) is 37.7 Å². The Morgan fingerprint density at radius 1 is 1.10 bits per heavy atom. The van der Waals surface area contributed by atoms with Gasteiger partial charge in [0.1, 0.15) is 11.8 Å². The summed E-state index contributed by atoms with van der Waals surface area (Å²) >= 11 is 8.16. The third-order valence-electron chi connectivity index (χ3n) is 7.93. The number of pyridine rings is 1. The van der Waals surface area contributed by atoms with E-state index in [4.69, 9.17) is 16.3 Å². The minimum absolute atomic E-state index is 0.455. The molecule has 2 aliphatic rings. The fraction of sp³-hybridized carbons (Fsp3) is 0.367.